The van der Waals surface area contributed by atoms with E-state index in [2.05, 4.69) is 4.98 Å². The first kappa shape index (κ1) is 15.3. The average molecular weight is 296 g/mol. The predicted octanol–water partition coefficient (Wildman–Crippen LogP) is 3.78. The number of hydrogen-bond donors (Lipinski definition) is 1. The molecular weight excluding hydrogens is 281 g/mol. The first-order chi connectivity index (χ1) is 9.89. The summed E-state index contributed by atoms with van der Waals surface area (Å²) in [7, 11) is 0. The van der Waals surface area contributed by atoms with Crippen molar-refractivity contribution in [3.8, 4) is 5.75 Å². The van der Waals surface area contributed by atoms with Gasteiger partial charge in [-0.3, -0.25) is 4.98 Å². The number of hydrogen-bond acceptors (Lipinski definition) is 3. The molecule has 0 aliphatic heterocycles. The van der Waals surface area contributed by atoms with Crippen LogP contribution in [0.15, 0.2) is 48.8 Å². The molecule has 2 unspecified atom stereocenters. The Morgan fingerprint density at radius 3 is 2.29 bits per heavy atom. The highest BCUT2D eigenvalue weighted by atomic mass is 19.4. The van der Waals surface area contributed by atoms with Gasteiger partial charge in [-0.1, -0.05) is 18.2 Å². The van der Waals surface area contributed by atoms with Gasteiger partial charge in [-0.05, 0) is 25.1 Å². The molecule has 1 aromatic heterocycles. The normalized spacial score (nSPS) is 14.5. The Hall–Kier alpha value is -2.08. The maximum atomic E-state index is 13.2. The Morgan fingerprint density at radius 1 is 1.10 bits per heavy atom. The summed E-state index contributed by atoms with van der Waals surface area (Å²) in [5, 5.41) is 0. The number of alkyl halides is 3. The lowest BCUT2D eigenvalue weighted by atomic mass is 10.1. The SMILES string of the molecule is CC(N)c1ccccc1OC(c1ccncc1)C(F)(F)F. The average Bonchev–Trinajstić information content (AvgIpc) is 2.44. The monoisotopic (exact) mass is 296 g/mol. The van der Waals surface area contributed by atoms with E-state index < -0.39 is 18.3 Å². The van der Waals surface area contributed by atoms with E-state index in [0.29, 0.717) is 5.56 Å². The van der Waals surface area contributed by atoms with Crippen molar-refractivity contribution >= 4 is 0 Å². The van der Waals surface area contributed by atoms with Gasteiger partial charge < -0.3 is 10.5 Å². The number of aromatic nitrogens is 1. The number of nitrogens with two attached hydrogens (primary N) is 1. The molecule has 0 bridgehead atoms. The summed E-state index contributed by atoms with van der Waals surface area (Å²) in [6.07, 6.45) is -3.99. The molecule has 1 aromatic carbocycles. The minimum atomic E-state index is -4.54. The van der Waals surface area contributed by atoms with Crippen molar-refractivity contribution in [2.75, 3.05) is 0 Å². The highest BCUT2D eigenvalue weighted by Crippen LogP contribution is 2.38. The van der Waals surface area contributed by atoms with Crippen LogP contribution in [0.5, 0.6) is 5.75 Å². The largest absolute Gasteiger partial charge is 0.476 e. The molecule has 2 rings (SSSR count). The van der Waals surface area contributed by atoms with Crippen molar-refractivity contribution in [3.63, 3.8) is 0 Å². The van der Waals surface area contributed by atoms with Gasteiger partial charge in [0.1, 0.15) is 5.75 Å². The fraction of sp³-hybridized carbons (Fsp3) is 0.267. The minimum absolute atomic E-state index is 0.00280. The second-order valence-corrected chi connectivity index (χ2v) is 4.65. The van der Waals surface area contributed by atoms with Gasteiger partial charge in [0.2, 0.25) is 6.10 Å². The van der Waals surface area contributed by atoms with Crippen LogP contribution in [0.25, 0.3) is 0 Å². The molecule has 112 valence electrons. The van der Waals surface area contributed by atoms with Gasteiger partial charge in [-0.15, -0.1) is 0 Å². The third-order valence-corrected chi connectivity index (χ3v) is 2.96. The highest BCUT2D eigenvalue weighted by molar-refractivity contribution is 5.36. The summed E-state index contributed by atoms with van der Waals surface area (Å²) in [6.45, 7) is 1.69. The topological polar surface area (TPSA) is 48.1 Å². The molecule has 0 saturated heterocycles. The quantitative estimate of drug-likeness (QED) is 0.934. The van der Waals surface area contributed by atoms with Crippen LogP contribution < -0.4 is 10.5 Å². The van der Waals surface area contributed by atoms with Crippen molar-refractivity contribution in [2.24, 2.45) is 5.73 Å². The second-order valence-electron chi connectivity index (χ2n) is 4.65. The van der Waals surface area contributed by atoms with E-state index in [0.717, 1.165) is 0 Å². The Morgan fingerprint density at radius 2 is 1.71 bits per heavy atom. The number of rotatable bonds is 4. The van der Waals surface area contributed by atoms with Gasteiger partial charge in [-0.2, -0.15) is 13.2 Å². The van der Waals surface area contributed by atoms with Crippen LogP contribution in [-0.4, -0.2) is 11.2 Å². The Bertz CT molecular complexity index is 585. The number of benzene rings is 1. The third kappa shape index (κ3) is 3.72. The van der Waals surface area contributed by atoms with E-state index in [1.807, 2.05) is 0 Å². The molecule has 0 radical (unpaired) electrons. The summed E-state index contributed by atoms with van der Waals surface area (Å²) in [5.74, 6) is 0.131. The molecule has 3 nitrogen and oxygen atoms in total. The van der Waals surface area contributed by atoms with Crippen LogP contribution in [0.4, 0.5) is 13.2 Å². The standard InChI is InChI=1S/C15H15F3N2O/c1-10(19)12-4-2-3-5-13(12)21-14(15(16,17)18)11-6-8-20-9-7-11/h2-10,14H,19H2,1H3. The summed E-state index contributed by atoms with van der Waals surface area (Å²) >= 11 is 0. The lowest BCUT2D eigenvalue weighted by Gasteiger charge is -2.24. The van der Waals surface area contributed by atoms with Gasteiger partial charge in [0.05, 0.1) is 0 Å². The van der Waals surface area contributed by atoms with Crippen molar-refractivity contribution in [3.05, 3.63) is 59.9 Å². The zero-order valence-corrected chi connectivity index (χ0v) is 11.3. The van der Waals surface area contributed by atoms with Crippen molar-refractivity contribution in [1.82, 2.24) is 4.98 Å². The molecular formula is C15H15F3N2O. The van der Waals surface area contributed by atoms with E-state index in [-0.39, 0.29) is 11.3 Å². The van der Waals surface area contributed by atoms with Crippen molar-refractivity contribution in [1.29, 1.82) is 0 Å². The summed E-state index contributed by atoms with van der Waals surface area (Å²) < 4.78 is 45.0. The molecule has 6 heteroatoms. The smallest absolute Gasteiger partial charge is 0.429 e. The summed E-state index contributed by atoms with van der Waals surface area (Å²) in [4.78, 5) is 3.72. The van der Waals surface area contributed by atoms with E-state index in [1.165, 1.54) is 30.6 Å². The minimum Gasteiger partial charge on any atom is -0.476 e. The van der Waals surface area contributed by atoms with Crippen LogP contribution in [0.2, 0.25) is 0 Å². The Kier molecular flexibility index (Phi) is 4.47. The predicted molar refractivity (Wildman–Crippen MR) is 72.7 cm³/mol. The number of pyridine rings is 1. The number of para-hydroxylation sites is 1. The molecule has 21 heavy (non-hydrogen) atoms. The zero-order valence-electron chi connectivity index (χ0n) is 11.3. The number of nitrogens with zero attached hydrogens (tertiary/aromatic N) is 1. The Balaban J connectivity index is 2.37. The molecule has 0 spiro atoms. The summed E-state index contributed by atoms with van der Waals surface area (Å²) in [6, 6.07) is 8.60. The fourth-order valence-corrected chi connectivity index (χ4v) is 1.95. The van der Waals surface area contributed by atoms with Crippen LogP contribution in [0.1, 0.15) is 30.2 Å². The number of ether oxygens (including phenoxy) is 1. The third-order valence-electron chi connectivity index (χ3n) is 2.96. The van der Waals surface area contributed by atoms with E-state index in [4.69, 9.17) is 10.5 Å². The van der Waals surface area contributed by atoms with Gasteiger partial charge >= 0.3 is 6.18 Å². The van der Waals surface area contributed by atoms with Crippen LogP contribution >= 0.6 is 0 Å². The van der Waals surface area contributed by atoms with E-state index in [1.54, 1.807) is 25.1 Å². The van der Waals surface area contributed by atoms with E-state index in [9.17, 15) is 13.2 Å². The molecule has 2 aromatic rings. The maximum Gasteiger partial charge on any atom is 0.429 e. The number of halogens is 3. The van der Waals surface area contributed by atoms with Crippen molar-refractivity contribution < 1.29 is 17.9 Å². The van der Waals surface area contributed by atoms with Crippen LogP contribution in [-0.2, 0) is 0 Å². The van der Waals surface area contributed by atoms with Crippen molar-refractivity contribution in [2.45, 2.75) is 25.2 Å². The van der Waals surface area contributed by atoms with Gasteiger partial charge in [0.25, 0.3) is 0 Å². The molecule has 0 aliphatic rings. The second kappa shape index (κ2) is 6.13. The molecule has 0 fully saturated rings. The molecule has 2 N–H and O–H groups in total. The first-order valence-electron chi connectivity index (χ1n) is 6.37. The molecule has 0 amide bonds. The van der Waals surface area contributed by atoms with Gasteiger partial charge in [0.15, 0.2) is 0 Å². The first-order valence-corrected chi connectivity index (χ1v) is 6.37. The van der Waals surface area contributed by atoms with Gasteiger partial charge in [-0.25, -0.2) is 0 Å². The maximum absolute atomic E-state index is 13.2. The van der Waals surface area contributed by atoms with Crippen LogP contribution in [0, 0.1) is 0 Å². The van der Waals surface area contributed by atoms with E-state index >= 15 is 0 Å². The highest BCUT2D eigenvalue weighted by Gasteiger charge is 2.43. The molecule has 0 aliphatic carbocycles. The molecule has 0 saturated carbocycles. The lowest BCUT2D eigenvalue weighted by Crippen LogP contribution is -2.26. The fourth-order valence-electron chi connectivity index (χ4n) is 1.95. The summed E-state index contributed by atoms with van der Waals surface area (Å²) in [5.41, 5.74) is 6.29. The lowest BCUT2D eigenvalue weighted by molar-refractivity contribution is -0.198. The van der Waals surface area contributed by atoms with Gasteiger partial charge in [0, 0.05) is 29.6 Å². The molecule has 1 heterocycles. The van der Waals surface area contributed by atoms with Crippen LogP contribution in [0.3, 0.4) is 0 Å². The molecule has 2 atom stereocenters. The Labute approximate surface area is 120 Å². The zero-order chi connectivity index (χ0) is 15.5.